The van der Waals surface area contributed by atoms with Gasteiger partial charge in [-0.15, -0.1) is 0 Å². The van der Waals surface area contributed by atoms with Crippen LogP contribution in [0.25, 0.3) is 0 Å². The van der Waals surface area contributed by atoms with Crippen molar-refractivity contribution in [1.29, 1.82) is 0 Å². The summed E-state index contributed by atoms with van der Waals surface area (Å²) in [5.41, 5.74) is 4.88. The van der Waals surface area contributed by atoms with Crippen molar-refractivity contribution in [3.8, 4) is 0 Å². The van der Waals surface area contributed by atoms with E-state index in [2.05, 4.69) is 10.6 Å². The van der Waals surface area contributed by atoms with Gasteiger partial charge in [-0.25, -0.2) is 13.2 Å². The number of sulfone groups is 1. The molecule has 1 rings (SSSR count). The van der Waals surface area contributed by atoms with Crippen LogP contribution in [0.3, 0.4) is 0 Å². The van der Waals surface area contributed by atoms with Gasteiger partial charge in [-0.1, -0.05) is 0 Å². The number of amides is 2. The lowest BCUT2D eigenvalue weighted by Crippen LogP contribution is -2.49. The molecule has 0 spiro atoms. The van der Waals surface area contributed by atoms with Crippen LogP contribution in [0.15, 0.2) is 0 Å². The zero-order chi connectivity index (χ0) is 15.3. The molecule has 0 aliphatic carbocycles. The van der Waals surface area contributed by atoms with Crippen molar-refractivity contribution in [2.24, 2.45) is 5.73 Å². The highest BCUT2D eigenvalue weighted by Gasteiger charge is 2.28. The van der Waals surface area contributed by atoms with Crippen molar-refractivity contribution in [3.63, 3.8) is 0 Å². The molecule has 0 aromatic heterocycles. The van der Waals surface area contributed by atoms with E-state index in [-0.39, 0.29) is 24.5 Å². The Labute approximate surface area is 115 Å². The van der Waals surface area contributed by atoms with Gasteiger partial charge in [0.2, 0.25) is 11.8 Å². The minimum absolute atomic E-state index is 0.0184. The maximum Gasteiger partial charge on any atom is 0.326 e. The number of carbonyl (C=O) groups excluding carboxylic acids is 2. The summed E-state index contributed by atoms with van der Waals surface area (Å²) in [5, 5.41) is 13.8. The third-order valence-electron chi connectivity index (χ3n) is 2.77. The molecule has 0 bridgehead atoms. The van der Waals surface area contributed by atoms with Crippen molar-refractivity contribution in [1.82, 2.24) is 10.6 Å². The predicted molar refractivity (Wildman–Crippen MR) is 68.4 cm³/mol. The molecule has 5 N–H and O–H groups in total. The van der Waals surface area contributed by atoms with Crippen LogP contribution in [-0.2, 0) is 24.2 Å². The van der Waals surface area contributed by atoms with Gasteiger partial charge in [0.25, 0.3) is 0 Å². The number of carboxylic acid groups (broad SMARTS) is 1. The van der Waals surface area contributed by atoms with E-state index in [1.807, 2.05) is 0 Å². The summed E-state index contributed by atoms with van der Waals surface area (Å²) >= 11 is 0. The van der Waals surface area contributed by atoms with E-state index in [1.54, 1.807) is 0 Å². The molecule has 0 aromatic rings. The van der Waals surface area contributed by atoms with Gasteiger partial charge >= 0.3 is 5.97 Å². The minimum atomic E-state index is -3.17. The molecule has 0 saturated carbocycles. The Balaban J connectivity index is 2.53. The van der Waals surface area contributed by atoms with Crippen molar-refractivity contribution >= 4 is 27.6 Å². The number of hydrogen-bond acceptors (Lipinski definition) is 6. The van der Waals surface area contributed by atoms with E-state index in [1.165, 1.54) is 0 Å². The first kappa shape index (κ1) is 16.4. The Bertz CT molecular complexity index is 503. The maximum atomic E-state index is 11.7. The van der Waals surface area contributed by atoms with Crippen LogP contribution < -0.4 is 16.4 Å². The summed E-state index contributed by atoms with van der Waals surface area (Å²) in [6, 6.07) is -1.96. The lowest BCUT2D eigenvalue weighted by Gasteiger charge is -2.23. The van der Waals surface area contributed by atoms with E-state index in [0.29, 0.717) is 0 Å². The van der Waals surface area contributed by atoms with Crippen molar-refractivity contribution < 1.29 is 27.9 Å². The highest BCUT2D eigenvalue weighted by atomic mass is 32.2. The molecule has 0 aromatic carbocycles. The fourth-order valence-corrected chi connectivity index (χ4v) is 3.32. The fourth-order valence-electron chi connectivity index (χ4n) is 1.88. The maximum absolute atomic E-state index is 11.7. The molecule has 1 heterocycles. The SMILES string of the molecule is NC(=O)CC(NC(=O)CC1CS(=O)(=O)CCN1)C(=O)O. The monoisotopic (exact) mass is 307 g/mol. The molecule has 2 amide bonds. The van der Waals surface area contributed by atoms with E-state index < -0.39 is 46.1 Å². The van der Waals surface area contributed by atoms with Gasteiger partial charge in [0.05, 0.1) is 17.9 Å². The van der Waals surface area contributed by atoms with Crippen LogP contribution in [0.5, 0.6) is 0 Å². The van der Waals surface area contributed by atoms with Gasteiger partial charge < -0.3 is 21.5 Å². The molecule has 1 fully saturated rings. The van der Waals surface area contributed by atoms with Gasteiger partial charge in [0.1, 0.15) is 6.04 Å². The average Bonchev–Trinajstić information content (AvgIpc) is 2.25. The van der Waals surface area contributed by atoms with Crippen LogP contribution in [-0.4, -0.2) is 61.4 Å². The Morgan fingerprint density at radius 3 is 2.55 bits per heavy atom. The van der Waals surface area contributed by atoms with Gasteiger partial charge in [-0.05, 0) is 0 Å². The molecule has 10 heteroatoms. The fraction of sp³-hybridized carbons (Fsp3) is 0.700. The van der Waals surface area contributed by atoms with Crippen LogP contribution in [0, 0.1) is 0 Å². The third-order valence-corrected chi connectivity index (χ3v) is 4.51. The number of carboxylic acids is 1. The van der Waals surface area contributed by atoms with Gasteiger partial charge in [0.15, 0.2) is 9.84 Å². The second-order valence-electron chi connectivity index (χ2n) is 4.60. The molecule has 0 radical (unpaired) electrons. The Kier molecular flexibility index (Phi) is 5.45. The van der Waals surface area contributed by atoms with Crippen molar-refractivity contribution in [2.45, 2.75) is 24.9 Å². The van der Waals surface area contributed by atoms with Crippen molar-refractivity contribution in [3.05, 3.63) is 0 Å². The lowest BCUT2D eigenvalue weighted by atomic mass is 10.1. The molecule has 9 nitrogen and oxygen atoms in total. The molecule has 2 atom stereocenters. The van der Waals surface area contributed by atoms with E-state index in [4.69, 9.17) is 10.8 Å². The molecule has 1 aliphatic rings. The summed E-state index contributed by atoms with van der Waals surface area (Å²) in [4.78, 5) is 33.2. The molecule has 2 unspecified atom stereocenters. The minimum Gasteiger partial charge on any atom is -0.480 e. The van der Waals surface area contributed by atoms with Gasteiger partial charge in [-0.2, -0.15) is 0 Å². The molecular formula is C10H17N3O6S. The number of hydrogen-bond donors (Lipinski definition) is 4. The number of carbonyl (C=O) groups is 3. The summed E-state index contributed by atoms with van der Waals surface area (Å²) in [7, 11) is -3.17. The number of aliphatic carboxylic acids is 1. The van der Waals surface area contributed by atoms with Crippen molar-refractivity contribution in [2.75, 3.05) is 18.1 Å². The second-order valence-corrected chi connectivity index (χ2v) is 6.83. The quantitative estimate of drug-likeness (QED) is 0.413. The molecule has 114 valence electrons. The van der Waals surface area contributed by atoms with E-state index in [9.17, 15) is 22.8 Å². The number of nitrogens with two attached hydrogens (primary N) is 1. The summed E-state index contributed by atoms with van der Waals surface area (Å²) in [6.07, 6.45) is -0.695. The molecule has 1 saturated heterocycles. The highest BCUT2D eigenvalue weighted by Crippen LogP contribution is 2.05. The Hall–Kier alpha value is -1.68. The lowest BCUT2D eigenvalue weighted by molar-refractivity contribution is -0.143. The van der Waals surface area contributed by atoms with Gasteiger partial charge in [0, 0.05) is 19.0 Å². The smallest absolute Gasteiger partial charge is 0.326 e. The summed E-state index contributed by atoms with van der Waals surface area (Å²) < 4.78 is 22.8. The highest BCUT2D eigenvalue weighted by molar-refractivity contribution is 7.91. The first-order valence-corrected chi connectivity index (χ1v) is 7.76. The summed E-state index contributed by atoms with van der Waals surface area (Å²) in [5.74, 6) is -3.02. The van der Waals surface area contributed by atoms with Gasteiger partial charge in [-0.3, -0.25) is 9.59 Å². The normalized spacial score (nSPS) is 22.7. The first-order chi connectivity index (χ1) is 9.19. The first-order valence-electron chi connectivity index (χ1n) is 5.94. The van der Waals surface area contributed by atoms with Crippen LogP contribution in [0.1, 0.15) is 12.8 Å². The predicted octanol–water partition coefficient (Wildman–Crippen LogP) is -2.79. The number of rotatable bonds is 6. The standard InChI is InChI=1S/C10H17N3O6S/c11-8(14)4-7(10(16)17)13-9(15)3-6-5-20(18,19)2-1-12-6/h6-7,12H,1-5H2,(H2,11,14)(H,13,15)(H,16,17). The second kappa shape index (κ2) is 6.66. The zero-order valence-electron chi connectivity index (χ0n) is 10.7. The van der Waals surface area contributed by atoms with Crippen LogP contribution in [0.4, 0.5) is 0 Å². The average molecular weight is 307 g/mol. The summed E-state index contributed by atoms with van der Waals surface area (Å²) in [6.45, 7) is 0.254. The third kappa shape index (κ3) is 5.53. The van der Waals surface area contributed by atoms with Crippen LogP contribution >= 0.6 is 0 Å². The Morgan fingerprint density at radius 2 is 2.05 bits per heavy atom. The Morgan fingerprint density at radius 1 is 1.40 bits per heavy atom. The largest absolute Gasteiger partial charge is 0.480 e. The van der Waals surface area contributed by atoms with Crippen LogP contribution in [0.2, 0.25) is 0 Å². The number of nitrogens with one attached hydrogen (secondary N) is 2. The molecular weight excluding hydrogens is 290 g/mol. The van der Waals surface area contributed by atoms with E-state index >= 15 is 0 Å². The molecule has 20 heavy (non-hydrogen) atoms. The molecule has 1 aliphatic heterocycles. The number of primary amides is 1. The van der Waals surface area contributed by atoms with E-state index in [0.717, 1.165) is 0 Å². The topological polar surface area (TPSA) is 156 Å². The zero-order valence-corrected chi connectivity index (χ0v) is 11.5.